The molecule has 0 unspecified atom stereocenters. The molecule has 17 heavy (non-hydrogen) atoms. The van der Waals surface area contributed by atoms with Crippen molar-refractivity contribution in [1.29, 1.82) is 5.26 Å². The van der Waals surface area contributed by atoms with Crippen LogP contribution in [-0.2, 0) is 6.54 Å². The number of benzene rings is 1. The third kappa shape index (κ3) is 2.74. The van der Waals surface area contributed by atoms with Gasteiger partial charge in [0.15, 0.2) is 0 Å². The van der Waals surface area contributed by atoms with Gasteiger partial charge in [-0.3, -0.25) is 0 Å². The number of halogens is 1. The van der Waals surface area contributed by atoms with Gasteiger partial charge >= 0.3 is 0 Å². The standard InChI is InChI=1S/C13H10ClN3/c14-13-11(5-3-7-16-13)9-17-12-6-2-1-4-10(12)8-15/h1-7,17H,9H2. The van der Waals surface area contributed by atoms with Crippen molar-refractivity contribution in [3.8, 4) is 6.07 Å². The molecule has 0 aliphatic carbocycles. The van der Waals surface area contributed by atoms with Gasteiger partial charge in [-0.05, 0) is 18.2 Å². The Morgan fingerprint density at radius 2 is 2.06 bits per heavy atom. The van der Waals surface area contributed by atoms with E-state index in [1.54, 1.807) is 12.3 Å². The average molecular weight is 244 g/mol. The largest absolute Gasteiger partial charge is 0.380 e. The number of pyridine rings is 1. The molecule has 0 radical (unpaired) electrons. The number of hydrogen-bond acceptors (Lipinski definition) is 3. The van der Waals surface area contributed by atoms with E-state index >= 15 is 0 Å². The van der Waals surface area contributed by atoms with E-state index in [1.165, 1.54) is 0 Å². The van der Waals surface area contributed by atoms with Crippen LogP contribution in [0.5, 0.6) is 0 Å². The summed E-state index contributed by atoms with van der Waals surface area (Å²) in [6, 6.07) is 13.2. The van der Waals surface area contributed by atoms with Crippen molar-refractivity contribution in [2.75, 3.05) is 5.32 Å². The minimum atomic E-state index is 0.481. The van der Waals surface area contributed by atoms with Gasteiger partial charge in [-0.1, -0.05) is 29.8 Å². The molecule has 3 nitrogen and oxygen atoms in total. The maximum absolute atomic E-state index is 8.94. The predicted molar refractivity (Wildman–Crippen MR) is 67.7 cm³/mol. The van der Waals surface area contributed by atoms with E-state index in [1.807, 2.05) is 30.3 Å². The normalized spacial score (nSPS) is 9.65. The summed E-state index contributed by atoms with van der Waals surface area (Å²) in [7, 11) is 0. The minimum absolute atomic E-state index is 0.481. The first-order valence-electron chi connectivity index (χ1n) is 5.13. The number of nitrogens with zero attached hydrogens (tertiary/aromatic N) is 2. The molecule has 0 bridgehead atoms. The highest BCUT2D eigenvalue weighted by Crippen LogP contribution is 2.17. The van der Waals surface area contributed by atoms with Crippen molar-refractivity contribution >= 4 is 17.3 Å². The van der Waals surface area contributed by atoms with Crippen LogP contribution in [0.3, 0.4) is 0 Å². The molecule has 0 atom stereocenters. The second-order valence-corrected chi connectivity index (χ2v) is 3.82. The van der Waals surface area contributed by atoms with Gasteiger partial charge in [0.2, 0.25) is 0 Å². The van der Waals surface area contributed by atoms with E-state index in [0.717, 1.165) is 11.3 Å². The van der Waals surface area contributed by atoms with Gasteiger partial charge in [0.25, 0.3) is 0 Å². The second-order valence-electron chi connectivity index (χ2n) is 3.46. The van der Waals surface area contributed by atoms with E-state index in [0.29, 0.717) is 17.3 Å². The number of rotatable bonds is 3. The highest BCUT2D eigenvalue weighted by atomic mass is 35.5. The van der Waals surface area contributed by atoms with Crippen LogP contribution in [0.15, 0.2) is 42.6 Å². The molecule has 0 fully saturated rings. The maximum atomic E-state index is 8.94. The lowest BCUT2D eigenvalue weighted by molar-refractivity contribution is 1.11. The van der Waals surface area contributed by atoms with Crippen molar-refractivity contribution in [3.63, 3.8) is 0 Å². The van der Waals surface area contributed by atoms with Crippen molar-refractivity contribution < 1.29 is 0 Å². The van der Waals surface area contributed by atoms with E-state index < -0.39 is 0 Å². The minimum Gasteiger partial charge on any atom is -0.380 e. The van der Waals surface area contributed by atoms with Gasteiger partial charge < -0.3 is 5.32 Å². The fourth-order valence-corrected chi connectivity index (χ4v) is 1.66. The Bertz CT molecular complexity index is 561. The predicted octanol–water partition coefficient (Wildman–Crippen LogP) is 3.22. The fourth-order valence-electron chi connectivity index (χ4n) is 1.48. The summed E-state index contributed by atoms with van der Waals surface area (Å²) >= 11 is 5.95. The summed E-state index contributed by atoms with van der Waals surface area (Å²) in [5.74, 6) is 0. The van der Waals surface area contributed by atoms with Crippen molar-refractivity contribution in [2.45, 2.75) is 6.54 Å². The van der Waals surface area contributed by atoms with Gasteiger partial charge in [0.05, 0.1) is 11.3 Å². The Morgan fingerprint density at radius 3 is 2.82 bits per heavy atom. The van der Waals surface area contributed by atoms with Crippen LogP contribution in [0.25, 0.3) is 0 Å². The van der Waals surface area contributed by atoms with Crippen molar-refractivity contribution in [2.24, 2.45) is 0 Å². The van der Waals surface area contributed by atoms with Gasteiger partial charge in [-0.2, -0.15) is 5.26 Å². The zero-order chi connectivity index (χ0) is 12.1. The Hall–Kier alpha value is -2.05. The number of anilines is 1. The monoisotopic (exact) mass is 243 g/mol. The highest BCUT2D eigenvalue weighted by molar-refractivity contribution is 6.30. The molecular formula is C13H10ClN3. The molecule has 0 saturated heterocycles. The molecule has 4 heteroatoms. The van der Waals surface area contributed by atoms with E-state index in [2.05, 4.69) is 16.4 Å². The lowest BCUT2D eigenvalue weighted by atomic mass is 10.2. The molecule has 0 aliphatic heterocycles. The Labute approximate surface area is 105 Å². The summed E-state index contributed by atoms with van der Waals surface area (Å²) in [6.07, 6.45) is 1.65. The topological polar surface area (TPSA) is 48.7 Å². The quantitative estimate of drug-likeness (QED) is 0.842. The molecule has 0 amide bonds. The first-order chi connectivity index (χ1) is 8.31. The van der Waals surface area contributed by atoms with Crippen molar-refractivity contribution in [1.82, 2.24) is 4.98 Å². The SMILES string of the molecule is N#Cc1ccccc1NCc1cccnc1Cl. The number of nitriles is 1. The molecule has 1 aromatic carbocycles. The van der Waals surface area contributed by atoms with E-state index in [-0.39, 0.29) is 0 Å². The molecule has 1 aromatic heterocycles. The van der Waals surface area contributed by atoms with Gasteiger partial charge in [0, 0.05) is 18.3 Å². The fraction of sp³-hybridized carbons (Fsp3) is 0.0769. The first-order valence-corrected chi connectivity index (χ1v) is 5.51. The Kier molecular flexibility index (Phi) is 3.59. The average Bonchev–Trinajstić information content (AvgIpc) is 2.38. The van der Waals surface area contributed by atoms with Gasteiger partial charge in [-0.15, -0.1) is 0 Å². The summed E-state index contributed by atoms with van der Waals surface area (Å²) in [6.45, 7) is 0.547. The highest BCUT2D eigenvalue weighted by Gasteiger charge is 2.02. The first kappa shape index (κ1) is 11.4. The van der Waals surface area contributed by atoms with Crippen molar-refractivity contribution in [3.05, 3.63) is 58.9 Å². The van der Waals surface area contributed by atoms with Crippen LogP contribution >= 0.6 is 11.6 Å². The smallest absolute Gasteiger partial charge is 0.133 e. The molecule has 2 rings (SSSR count). The molecule has 2 aromatic rings. The van der Waals surface area contributed by atoms with Crippen LogP contribution in [0.1, 0.15) is 11.1 Å². The summed E-state index contributed by atoms with van der Waals surface area (Å²) in [4.78, 5) is 3.99. The van der Waals surface area contributed by atoms with Crippen LogP contribution in [0, 0.1) is 11.3 Å². The molecule has 0 aliphatic rings. The zero-order valence-corrected chi connectivity index (χ0v) is 9.78. The molecule has 84 valence electrons. The van der Waals surface area contributed by atoms with Crippen LogP contribution < -0.4 is 5.32 Å². The number of nitrogens with one attached hydrogen (secondary N) is 1. The van der Waals surface area contributed by atoms with Crippen LogP contribution in [0.2, 0.25) is 5.15 Å². The van der Waals surface area contributed by atoms with Gasteiger partial charge in [-0.25, -0.2) is 4.98 Å². The lowest BCUT2D eigenvalue weighted by Gasteiger charge is -2.08. The van der Waals surface area contributed by atoms with E-state index in [9.17, 15) is 0 Å². The number of aromatic nitrogens is 1. The zero-order valence-electron chi connectivity index (χ0n) is 9.02. The third-order valence-corrected chi connectivity index (χ3v) is 2.69. The molecule has 1 N–H and O–H groups in total. The molecular weight excluding hydrogens is 234 g/mol. The lowest BCUT2D eigenvalue weighted by Crippen LogP contribution is -2.02. The van der Waals surface area contributed by atoms with E-state index in [4.69, 9.17) is 16.9 Å². The summed E-state index contributed by atoms with van der Waals surface area (Å²) in [5, 5.41) is 12.6. The second kappa shape index (κ2) is 5.33. The van der Waals surface area contributed by atoms with Crippen LogP contribution in [0.4, 0.5) is 5.69 Å². The molecule has 0 spiro atoms. The Balaban J connectivity index is 2.13. The Morgan fingerprint density at radius 1 is 1.24 bits per heavy atom. The summed E-state index contributed by atoms with van der Waals surface area (Å²) in [5.41, 5.74) is 2.32. The maximum Gasteiger partial charge on any atom is 0.133 e. The summed E-state index contributed by atoms with van der Waals surface area (Å²) < 4.78 is 0. The third-order valence-electron chi connectivity index (χ3n) is 2.35. The molecule has 0 saturated carbocycles. The number of para-hydroxylation sites is 1. The van der Waals surface area contributed by atoms with Crippen LogP contribution in [-0.4, -0.2) is 4.98 Å². The molecule has 1 heterocycles. The van der Waals surface area contributed by atoms with Gasteiger partial charge in [0.1, 0.15) is 11.2 Å². The number of hydrogen-bond donors (Lipinski definition) is 1.